The van der Waals surface area contributed by atoms with Gasteiger partial charge in [-0.3, -0.25) is 9.78 Å². The molecule has 4 N–H and O–H groups in total. The third-order valence-electron chi connectivity index (χ3n) is 3.05. The zero-order valence-electron chi connectivity index (χ0n) is 10.7. The molecular formula is C15H17N3O. The molecule has 0 saturated carbocycles. The van der Waals surface area contributed by atoms with Gasteiger partial charge in [0.25, 0.3) is 0 Å². The van der Waals surface area contributed by atoms with Gasteiger partial charge in [0.15, 0.2) is 0 Å². The summed E-state index contributed by atoms with van der Waals surface area (Å²) in [6.07, 6.45) is 3.94. The topological polar surface area (TPSA) is 82.0 Å². The number of pyridine rings is 1. The second-order valence-corrected chi connectivity index (χ2v) is 4.44. The lowest BCUT2D eigenvalue weighted by atomic mass is 9.99. The molecule has 2 aromatic rings. The van der Waals surface area contributed by atoms with Crippen molar-refractivity contribution in [3.63, 3.8) is 0 Å². The molecule has 4 nitrogen and oxygen atoms in total. The van der Waals surface area contributed by atoms with Gasteiger partial charge in [0.1, 0.15) is 5.78 Å². The quantitative estimate of drug-likeness (QED) is 0.847. The van der Waals surface area contributed by atoms with Gasteiger partial charge >= 0.3 is 0 Å². The number of nitrogen functional groups attached to an aromatic ring is 1. The van der Waals surface area contributed by atoms with Crippen LogP contribution in [0.5, 0.6) is 0 Å². The highest BCUT2D eigenvalue weighted by atomic mass is 16.1. The lowest BCUT2D eigenvalue weighted by Crippen LogP contribution is -2.11. The molecule has 1 heterocycles. The summed E-state index contributed by atoms with van der Waals surface area (Å²) in [6, 6.07) is 9.43. The Morgan fingerprint density at radius 3 is 2.42 bits per heavy atom. The van der Waals surface area contributed by atoms with Crippen molar-refractivity contribution in [2.24, 2.45) is 5.73 Å². The average Bonchev–Trinajstić information content (AvgIpc) is 2.42. The molecule has 0 spiro atoms. The maximum absolute atomic E-state index is 12.1. The van der Waals surface area contributed by atoms with Crippen LogP contribution < -0.4 is 11.5 Å². The van der Waals surface area contributed by atoms with Gasteiger partial charge in [-0.1, -0.05) is 24.3 Å². The number of hydrogen-bond acceptors (Lipinski definition) is 4. The first-order chi connectivity index (χ1) is 9.20. The van der Waals surface area contributed by atoms with Crippen molar-refractivity contribution in [1.82, 2.24) is 4.98 Å². The first-order valence-electron chi connectivity index (χ1n) is 6.17. The number of carbonyl (C=O) groups is 1. The van der Waals surface area contributed by atoms with Gasteiger partial charge in [-0.15, -0.1) is 0 Å². The molecule has 0 saturated heterocycles. The minimum atomic E-state index is 0.112. The molecule has 0 aliphatic heterocycles. The summed E-state index contributed by atoms with van der Waals surface area (Å²) in [7, 11) is 0. The normalized spacial score (nSPS) is 10.4. The number of nitrogens with zero attached hydrogens (tertiary/aromatic N) is 1. The third-order valence-corrected chi connectivity index (χ3v) is 3.05. The number of nitrogens with two attached hydrogens (primary N) is 2. The van der Waals surface area contributed by atoms with E-state index in [9.17, 15) is 4.79 Å². The van der Waals surface area contributed by atoms with Gasteiger partial charge in [-0.2, -0.15) is 0 Å². The molecule has 0 aliphatic rings. The number of carbonyl (C=O) groups excluding carboxylic acids is 1. The smallest absolute Gasteiger partial charge is 0.141 e. The molecule has 1 aromatic heterocycles. The van der Waals surface area contributed by atoms with E-state index in [0.29, 0.717) is 25.1 Å². The van der Waals surface area contributed by atoms with Crippen LogP contribution in [0, 0.1) is 0 Å². The summed E-state index contributed by atoms with van der Waals surface area (Å²) in [4.78, 5) is 16.1. The Balaban J connectivity index is 2.08. The van der Waals surface area contributed by atoms with E-state index in [-0.39, 0.29) is 5.78 Å². The predicted molar refractivity (Wildman–Crippen MR) is 75.4 cm³/mol. The van der Waals surface area contributed by atoms with Crippen LogP contribution in [0.4, 0.5) is 5.69 Å². The van der Waals surface area contributed by atoms with E-state index in [0.717, 1.165) is 16.7 Å². The fraction of sp³-hybridized carbons (Fsp3) is 0.200. The van der Waals surface area contributed by atoms with Gasteiger partial charge < -0.3 is 11.5 Å². The van der Waals surface area contributed by atoms with Gasteiger partial charge in [-0.05, 0) is 17.2 Å². The summed E-state index contributed by atoms with van der Waals surface area (Å²) in [5.41, 5.74) is 14.8. The zero-order chi connectivity index (χ0) is 13.7. The van der Waals surface area contributed by atoms with Crippen LogP contribution in [-0.4, -0.2) is 10.8 Å². The predicted octanol–water partition coefficient (Wildman–Crippen LogP) is 1.48. The fourth-order valence-electron chi connectivity index (χ4n) is 2.00. The third kappa shape index (κ3) is 3.39. The number of rotatable bonds is 5. The highest BCUT2D eigenvalue weighted by Crippen LogP contribution is 2.13. The molecule has 0 amide bonds. The fourth-order valence-corrected chi connectivity index (χ4v) is 2.00. The van der Waals surface area contributed by atoms with Crippen LogP contribution in [0.2, 0.25) is 0 Å². The molecule has 98 valence electrons. The molecule has 0 aliphatic carbocycles. The van der Waals surface area contributed by atoms with E-state index < -0.39 is 0 Å². The van der Waals surface area contributed by atoms with Crippen LogP contribution in [0.1, 0.15) is 16.7 Å². The number of ketones is 1. The van der Waals surface area contributed by atoms with E-state index in [4.69, 9.17) is 11.5 Å². The van der Waals surface area contributed by atoms with E-state index in [1.807, 2.05) is 24.3 Å². The number of benzene rings is 1. The van der Waals surface area contributed by atoms with Crippen molar-refractivity contribution in [2.45, 2.75) is 19.4 Å². The van der Waals surface area contributed by atoms with E-state index in [1.165, 1.54) is 0 Å². The Hall–Kier alpha value is -2.20. The molecule has 0 fully saturated rings. The van der Waals surface area contributed by atoms with Crippen LogP contribution in [0.25, 0.3) is 0 Å². The average molecular weight is 255 g/mol. The van der Waals surface area contributed by atoms with E-state index >= 15 is 0 Å². The standard InChI is InChI=1S/C15H17N3O/c16-9-12-4-2-1-3-11(12)7-14(19)8-13-10-18-6-5-15(13)17/h1-6,10H,7-9,16H2,(H2,17,18). The van der Waals surface area contributed by atoms with Gasteiger partial charge in [-0.25, -0.2) is 0 Å². The molecular weight excluding hydrogens is 238 g/mol. The maximum atomic E-state index is 12.1. The number of aromatic nitrogens is 1. The number of anilines is 1. The van der Waals surface area contributed by atoms with Crippen molar-refractivity contribution >= 4 is 11.5 Å². The lowest BCUT2D eigenvalue weighted by Gasteiger charge is -2.07. The Bertz CT molecular complexity index is 581. The highest BCUT2D eigenvalue weighted by Gasteiger charge is 2.09. The van der Waals surface area contributed by atoms with Crippen molar-refractivity contribution in [3.05, 3.63) is 59.4 Å². The summed E-state index contributed by atoms with van der Waals surface area (Å²) in [5, 5.41) is 0. The summed E-state index contributed by atoms with van der Waals surface area (Å²) in [5.74, 6) is 0.112. The molecule has 1 aromatic carbocycles. The zero-order valence-corrected chi connectivity index (χ0v) is 10.7. The molecule has 0 bridgehead atoms. The minimum Gasteiger partial charge on any atom is -0.398 e. The molecule has 0 radical (unpaired) electrons. The monoisotopic (exact) mass is 255 g/mol. The Labute approximate surface area is 112 Å². The van der Waals surface area contributed by atoms with Crippen molar-refractivity contribution in [1.29, 1.82) is 0 Å². The minimum absolute atomic E-state index is 0.112. The Kier molecular flexibility index (Phi) is 4.26. The van der Waals surface area contributed by atoms with Gasteiger partial charge in [0.05, 0.1) is 0 Å². The van der Waals surface area contributed by atoms with Crippen LogP contribution in [0.15, 0.2) is 42.7 Å². The van der Waals surface area contributed by atoms with Crippen molar-refractivity contribution in [3.8, 4) is 0 Å². The second kappa shape index (κ2) is 6.11. The lowest BCUT2D eigenvalue weighted by molar-refractivity contribution is -0.117. The van der Waals surface area contributed by atoms with Crippen molar-refractivity contribution < 1.29 is 4.79 Å². The van der Waals surface area contributed by atoms with Gasteiger partial charge in [0.2, 0.25) is 0 Å². The van der Waals surface area contributed by atoms with Crippen LogP contribution in [-0.2, 0) is 24.2 Å². The molecule has 4 heteroatoms. The first kappa shape index (κ1) is 13.2. The Morgan fingerprint density at radius 2 is 1.74 bits per heavy atom. The summed E-state index contributed by atoms with van der Waals surface area (Å²) >= 11 is 0. The van der Waals surface area contributed by atoms with E-state index in [2.05, 4.69) is 4.98 Å². The first-order valence-corrected chi connectivity index (χ1v) is 6.17. The molecule has 19 heavy (non-hydrogen) atoms. The van der Waals surface area contributed by atoms with Crippen LogP contribution in [0.3, 0.4) is 0 Å². The van der Waals surface area contributed by atoms with Gasteiger partial charge in [0, 0.05) is 43.0 Å². The largest absolute Gasteiger partial charge is 0.398 e. The molecule has 0 atom stereocenters. The second-order valence-electron chi connectivity index (χ2n) is 4.44. The van der Waals surface area contributed by atoms with E-state index in [1.54, 1.807) is 18.5 Å². The SMILES string of the molecule is NCc1ccccc1CC(=O)Cc1cnccc1N. The Morgan fingerprint density at radius 1 is 1.05 bits per heavy atom. The number of Topliss-reactive ketones (excluding diaryl/α,β-unsaturated/α-hetero) is 1. The highest BCUT2D eigenvalue weighted by molar-refractivity contribution is 5.84. The number of hydrogen-bond donors (Lipinski definition) is 2. The molecule has 0 unspecified atom stereocenters. The van der Waals surface area contributed by atoms with Crippen LogP contribution >= 0.6 is 0 Å². The summed E-state index contributed by atoms with van der Waals surface area (Å²) in [6.45, 7) is 0.443. The summed E-state index contributed by atoms with van der Waals surface area (Å²) < 4.78 is 0. The molecule has 2 rings (SSSR count). The van der Waals surface area contributed by atoms with Crippen molar-refractivity contribution in [2.75, 3.05) is 5.73 Å². The maximum Gasteiger partial charge on any atom is 0.141 e.